The minimum atomic E-state index is -0.189. The van der Waals surface area contributed by atoms with E-state index in [0.29, 0.717) is 11.3 Å². The highest BCUT2D eigenvalue weighted by Gasteiger charge is 2.10. The van der Waals surface area contributed by atoms with Gasteiger partial charge in [0.15, 0.2) is 0 Å². The maximum Gasteiger partial charge on any atom is 0.256 e. The zero-order valence-corrected chi connectivity index (χ0v) is 12.9. The summed E-state index contributed by atoms with van der Waals surface area (Å²) in [4.78, 5) is 12.1. The summed E-state index contributed by atoms with van der Waals surface area (Å²) in [5.74, 6) is -0.0190. The van der Waals surface area contributed by atoms with Crippen molar-refractivity contribution in [1.29, 1.82) is 0 Å². The Bertz CT molecular complexity index is 584. The lowest BCUT2D eigenvalue weighted by Crippen LogP contribution is -2.12. The third-order valence-corrected chi connectivity index (χ3v) is 3.66. The van der Waals surface area contributed by atoms with E-state index in [1.165, 1.54) is 12.1 Å². The van der Waals surface area contributed by atoms with Gasteiger partial charge in [-0.05, 0) is 81.0 Å². The van der Waals surface area contributed by atoms with Gasteiger partial charge in [-0.2, -0.15) is 0 Å². The zero-order valence-electron chi connectivity index (χ0n) is 9.15. The Hall–Kier alpha value is -1.08. The lowest BCUT2D eigenvalue weighted by molar-refractivity contribution is 0.102. The Balaban J connectivity index is 2.21. The smallest absolute Gasteiger partial charge is 0.256 e. The van der Waals surface area contributed by atoms with Crippen LogP contribution in [-0.4, -0.2) is 11.0 Å². The Morgan fingerprint density at radius 3 is 2.50 bits per heavy atom. The van der Waals surface area contributed by atoms with Gasteiger partial charge >= 0.3 is 0 Å². The zero-order chi connectivity index (χ0) is 13.1. The second kappa shape index (κ2) is 5.71. The molecular weight excluding hydrogens is 409 g/mol. The molecule has 2 N–H and O–H groups in total. The van der Waals surface area contributed by atoms with Crippen molar-refractivity contribution in [2.75, 3.05) is 5.32 Å². The first-order chi connectivity index (χ1) is 8.56. The molecule has 3 nitrogen and oxygen atoms in total. The second-order valence-electron chi connectivity index (χ2n) is 3.63. The van der Waals surface area contributed by atoms with Gasteiger partial charge in [0.1, 0.15) is 5.75 Å². The maximum atomic E-state index is 12.1. The molecule has 0 aliphatic heterocycles. The number of phenolic OH excluding ortho intramolecular Hbond substituents is 1. The molecule has 0 bridgehead atoms. The van der Waals surface area contributed by atoms with Gasteiger partial charge in [-0.15, -0.1) is 0 Å². The summed E-state index contributed by atoms with van der Waals surface area (Å²) in [5, 5.41) is 11.9. The van der Waals surface area contributed by atoms with E-state index in [-0.39, 0.29) is 11.7 Å². The van der Waals surface area contributed by atoms with E-state index in [2.05, 4.69) is 43.8 Å². The number of benzene rings is 2. The number of aromatic hydroxyl groups is 1. The Kier molecular flexibility index (Phi) is 4.23. The van der Waals surface area contributed by atoms with Crippen molar-refractivity contribution in [1.82, 2.24) is 0 Å². The van der Waals surface area contributed by atoms with E-state index in [1.54, 1.807) is 18.2 Å². The Labute approximate surface area is 126 Å². The van der Waals surface area contributed by atoms with Crippen LogP contribution in [0.5, 0.6) is 5.75 Å². The van der Waals surface area contributed by atoms with Gasteiger partial charge in [0.25, 0.3) is 5.91 Å². The van der Waals surface area contributed by atoms with E-state index in [9.17, 15) is 4.79 Å². The number of hydrogen-bond donors (Lipinski definition) is 2. The minimum Gasteiger partial charge on any atom is -0.508 e. The van der Waals surface area contributed by atoms with Crippen LogP contribution in [-0.2, 0) is 0 Å². The normalized spacial score (nSPS) is 10.1. The van der Waals surface area contributed by atoms with Crippen LogP contribution in [0.25, 0.3) is 0 Å². The molecule has 0 saturated carbocycles. The van der Waals surface area contributed by atoms with Crippen molar-refractivity contribution in [2.45, 2.75) is 0 Å². The van der Waals surface area contributed by atoms with Gasteiger partial charge in [-0.3, -0.25) is 4.79 Å². The van der Waals surface area contributed by atoms with E-state index >= 15 is 0 Å². The van der Waals surface area contributed by atoms with E-state index in [0.717, 1.165) is 8.04 Å². The molecule has 0 heterocycles. The highest BCUT2D eigenvalue weighted by Crippen LogP contribution is 2.21. The van der Waals surface area contributed by atoms with Crippen molar-refractivity contribution in [3.05, 3.63) is 56.1 Å². The van der Waals surface area contributed by atoms with Crippen molar-refractivity contribution in [3.63, 3.8) is 0 Å². The number of carbonyl (C=O) groups excluding carboxylic acids is 1. The molecule has 0 aliphatic rings. The summed E-state index contributed by atoms with van der Waals surface area (Å²) in [7, 11) is 0. The van der Waals surface area contributed by atoms with Crippen molar-refractivity contribution in [3.8, 4) is 5.75 Å². The highest BCUT2D eigenvalue weighted by atomic mass is 127. The number of rotatable bonds is 2. The predicted molar refractivity (Wildman–Crippen MR) is 82.9 cm³/mol. The fourth-order valence-corrected chi connectivity index (χ4v) is 2.33. The van der Waals surface area contributed by atoms with Crippen molar-refractivity contribution in [2.24, 2.45) is 0 Å². The van der Waals surface area contributed by atoms with Gasteiger partial charge in [0.05, 0.1) is 5.56 Å². The van der Waals surface area contributed by atoms with E-state index in [1.807, 2.05) is 12.1 Å². The first-order valence-corrected chi connectivity index (χ1v) is 6.99. The summed E-state index contributed by atoms with van der Waals surface area (Å²) in [5.41, 5.74) is 1.22. The molecule has 2 aromatic carbocycles. The third-order valence-electron chi connectivity index (χ3n) is 2.30. The molecule has 1 amide bonds. The van der Waals surface area contributed by atoms with Gasteiger partial charge in [0, 0.05) is 13.7 Å². The van der Waals surface area contributed by atoms with Crippen molar-refractivity contribution < 1.29 is 9.90 Å². The number of halogens is 2. The summed E-state index contributed by atoms with van der Waals surface area (Å²) in [6, 6.07) is 11.9. The number of anilines is 1. The SMILES string of the molecule is O=C(Nc1ccc(O)cc1)c1cc(I)ccc1Br. The van der Waals surface area contributed by atoms with Crippen molar-refractivity contribution >= 4 is 50.1 Å². The number of nitrogens with one attached hydrogen (secondary N) is 1. The molecule has 0 atom stereocenters. The molecule has 0 aromatic heterocycles. The molecule has 5 heteroatoms. The van der Waals surface area contributed by atoms with Crippen LogP contribution in [0.15, 0.2) is 46.9 Å². The number of hydrogen-bond acceptors (Lipinski definition) is 2. The molecule has 0 unspecified atom stereocenters. The topological polar surface area (TPSA) is 49.3 Å². The maximum absolute atomic E-state index is 12.1. The fraction of sp³-hybridized carbons (Fsp3) is 0. The van der Waals surface area contributed by atoms with Crippen LogP contribution in [0.2, 0.25) is 0 Å². The fourth-order valence-electron chi connectivity index (χ4n) is 1.41. The lowest BCUT2D eigenvalue weighted by Gasteiger charge is -2.07. The summed E-state index contributed by atoms with van der Waals surface area (Å²) in [6.07, 6.45) is 0. The van der Waals surface area contributed by atoms with Crippen LogP contribution >= 0.6 is 38.5 Å². The average molecular weight is 418 g/mol. The lowest BCUT2D eigenvalue weighted by atomic mass is 10.2. The largest absolute Gasteiger partial charge is 0.508 e. The third kappa shape index (κ3) is 3.23. The number of carbonyl (C=O) groups is 1. The molecule has 2 aromatic rings. The molecular formula is C13H9BrINO2. The summed E-state index contributed by atoms with van der Waals surface area (Å²) >= 11 is 5.51. The summed E-state index contributed by atoms with van der Waals surface area (Å²) in [6.45, 7) is 0. The van der Waals surface area contributed by atoms with Crippen LogP contribution < -0.4 is 5.32 Å². The van der Waals surface area contributed by atoms with Crippen LogP contribution in [0.3, 0.4) is 0 Å². The molecule has 92 valence electrons. The molecule has 2 rings (SSSR count). The van der Waals surface area contributed by atoms with E-state index in [4.69, 9.17) is 5.11 Å². The van der Waals surface area contributed by atoms with Crippen LogP contribution in [0, 0.1) is 3.57 Å². The highest BCUT2D eigenvalue weighted by molar-refractivity contribution is 14.1. The molecule has 0 spiro atoms. The summed E-state index contributed by atoms with van der Waals surface area (Å²) < 4.78 is 1.74. The van der Waals surface area contributed by atoms with Crippen LogP contribution in [0.4, 0.5) is 5.69 Å². The quantitative estimate of drug-likeness (QED) is 0.572. The minimum absolute atomic E-state index is 0.170. The van der Waals surface area contributed by atoms with E-state index < -0.39 is 0 Å². The van der Waals surface area contributed by atoms with Gasteiger partial charge in [0.2, 0.25) is 0 Å². The average Bonchev–Trinajstić information content (AvgIpc) is 2.35. The number of amides is 1. The molecule has 18 heavy (non-hydrogen) atoms. The van der Waals surface area contributed by atoms with Crippen LogP contribution in [0.1, 0.15) is 10.4 Å². The molecule has 0 radical (unpaired) electrons. The first kappa shape index (κ1) is 13.4. The monoisotopic (exact) mass is 417 g/mol. The standard InChI is InChI=1S/C13H9BrINO2/c14-12-6-1-8(15)7-11(12)13(18)16-9-2-4-10(17)5-3-9/h1-7,17H,(H,16,18). The number of phenols is 1. The second-order valence-corrected chi connectivity index (χ2v) is 5.73. The predicted octanol–water partition coefficient (Wildman–Crippen LogP) is 4.01. The molecule has 0 saturated heterocycles. The van der Waals surface area contributed by atoms with Gasteiger partial charge in [-0.1, -0.05) is 0 Å². The Morgan fingerprint density at radius 2 is 1.83 bits per heavy atom. The molecule has 0 aliphatic carbocycles. The first-order valence-electron chi connectivity index (χ1n) is 5.12. The Morgan fingerprint density at radius 1 is 1.17 bits per heavy atom. The molecule has 0 fully saturated rings. The van der Waals surface area contributed by atoms with Gasteiger partial charge in [-0.25, -0.2) is 0 Å². The van der Waals surface area contributed by atoms with Gasteiger partial charge < -0.3 is 10.4 Å².